The molecule has 8 heteroatoms. The van der Waals surface area contributed by atoms with Gasteiger partial charge in [-0.1, -0.05) is 13.3 Å². The van der Waals surface area contributed by atoms with Crippen LogP contribution in [0.2, 0.25) is 0 Å². The lowest BCUT2D eigenvalue weighted by molar-refractivity contribution is 0.0502. The lowest BCUT2D eigenvalue weighted by Crippen LogP contribution is -2.08. The summed E-state index contributed by atoms with van der Waals surface area (Å²) < 4.78 is 51.1. The molecular weight excluding hydrogens is 409 g/mol. The van der Waals surface area contributed by atoms with E-state index in [4.69, 9.17) is 9.47 Å². The fraction of sp³-hybridized carbons (Fsp3) is 0.364. The SMILES string of the molecule is CCCc1cc2c(OCOC)c(S(C)(=O)=O)ccc2n1-c1ccc(F)cc1C(C)O. The van der Waals surface area contributed by atoms with Gasteiger partial charge in [0.15, 0.2) is 22.4 Å². The molecule has 30 heavy (non-hydrogen) atoms. The van der Waals surface area contributed by atoms with Crippen LogP contribution in [0.4, 0.5) is 4.39 Å². The molecule has 0 fully saturated rings. The number of fused-ring (bicyclic) bond motifs is 1. The van der Waals surface area contributed by atoms with E-state index in [1.165, 1.54) is 25.3 Å². The van der Waals surface area contributed by atoms with Crippen LogP contribution in [0.1, 0.15) is 37.6 Å². The van der Waals surface area contributed by atoms with Gasteiger partial charge in [0.25, 0.3) is 0 Å². The first-order chi connectivity index (χ1) is 14.2. The van der Waals surface area contributed by atoms with Gasteiger partial charge in [-0.3, -0.25) is 0 Å². The van der Waals surface area contributed by atoms with Gasteiger partial charge >= 0.3 is 0 Å². The number of hydrogen-bond acceptors (Lipinski definition) is 5. The average Bonchev–Trinajstić information content (AvgIpc) is 3.03. The van der Waals surface area contributed by atoms with Crippen LogP contribution < -0.4 is 4.74 Å². The number of aliphatic hydroxyl groups excluding tert-OH is 1. The van der Waals surface area contributed by atoms with Gasteiger partial charge in [0.1, 0.15) is 10.7 Å². The highest BCUT2D eigenvalue weighted by Crippen LogP contribution is 2.38. The zero-order valence-corrected chi connectivity index (χ0v) is 18.3. The molecule has 0 saturated carbocycles. The number of sulfone groups is 1. The topological polar surface area (TPSA) is 77.8 Å². The molecule has 2 aromatic carbocycles. The molecular formula is C22H26FNO5S. The number of ether oxygens (including phenoxy) is 2. The van der Waals surface area contributed by atoms with E-state index < -0.39 is 21.8 Å². The van der Waals surface area contributed by atoms with Crippen molar-refractivity contribution in [3.05, 3.63) is 53.5 Å². The van der Waals surface area contributed by atoms with Gasteiger partial charge in [-0.25, -0.2) is 12.8 Å². The van der Waals surface area contributed by atoms with Gasteiger partial charge < -0.3 is 19.1 Å². The first-order valence-electron chi connectivity index (χ1n) is 9.66. The Morgan fingerprint density at radius 2 is 1.93 bits per heavy atom. The summed E-state index contributed by atoms with van der Waals surface area (Å²) in [7, 11) is -2.08. The number of aromatic nitrogens is 1. The van der Waals surface area contributed by atoms with Crippen LogP contribution in [0.5, 0.6) is 5.75 Å². The van der Waals surface area contributed by atoms with Crippen LogP contribution in [0.3, 0.4) is 0 Å². The molecule has 0 radical (unpaired) electrons. The molecule has 1 atom stereocenters. The highest BCUT2D eigenvalue weighted by molar-refractivity contribution is 7.90. The molecule has 162 valence electrons. The van der Waals surface area contributed by atoms with Crippen molar-refractivity contribution in [2.24, 2.45) is 0 Å². The summed E-state index contributed by atoms with van der Waals surface area (Å²) in [6, 6.07) is 9.37. The monoisotopic (exact) mass is 435 g/mol. The van der Waals surface area contributed by atoms with Crippen molar-refractivity contribution in [3.8, 4) is 11.4 Å². The predicted octanol–water partition coefficient (Wildman–Crippen LogP) is 4.16. The first-order valence-corrected chi connectivity index (χ1v) is 11.5. The van der Waals surface area contributed by atoms with Crippen molar-refractivity contribution in [3.63, 3.8) is 0 Å². The van der Waals surface area contributed by atoms with Gasteiger partial charge in [0.2, 0.25) is 0 Å². The zero-order chi connectivity index (χ0) is 22.1. The van der Waals surface area contributed by atoms with E-state index in [2.05, 4.69) is 0 Å². The number of rotatable bonds is 8. The van der Waals surface area contributed by atoms with E-state index in [1.54, 1.807) is 19.1 Å². The van der Waals surface area contributed by atoms with Crippen LogP contribution in [-0.2, 0) is 21.0 Å². The van der Waals surface area contributed by atoms with Crippen LogP contribution in [0.15, 0.2) is 41.3 Å². The number of hydrogen-bond donors (Lipinski definition) is 1. The Morgan fingerprint density at radius 1 is 1.20 bits per heavy atom. The largest absolute Gasteiger partial charge is 0.465 e. The fourth-order valence-corrected chi connectivity index (χ4v) is 4.46. The number of aliphatic hydroxyl groups is 1. The van der Waals surface area contributed by atoms with E-state index in [0.717, 1.165) is 18.4 Å². The summed E-state index contributed by atoms with van der Waals surface area (Å²) in [5.41, 5.74) is 2.67. The highest BCUT2D eigenvalue weighted by Gasteiger charge is 2.23. The van der Waals surface area contributed by atoms with E-state index in [1.807, 2.05) is 17.6 Å². The Labute approximate surface area is 175 Å². The maximum atomic E-state index is 13.9. The molecule has 1 aromatic heterocycles. The van der Waals surface area contributed by atoms with E-state index in [-0.39, 0.29) is 17.4 Å². The Morgan fingerprint density at radius 3 is 2.53 bits per heavy atom. The highest BCUT2D eigenvalue weighted by atomic mass is 32.2. The number of nitrogens with zero attached hydrogens (tertiary/aromatic N) is 1. The lowest BCUT2D eigenvalue weighted by Gasteiger charge is -2.18. The second-order valence-corrected chi connectivity index (χ2v) is 9.23. The molecule has 3 rings (SSSR count). The van der Waals surface area contributed by atoms with Gasteiger partial charge in [0, 0.05) is 30.0 Å². The third-order valence-corrected chi connectivity index (χ3v) is 6.00. The van der Waals surface area contributed by atoms with Gasteiger partial charge in [-0.15, -0.1) is 0 Å². The van der Waals surface area contributed by atoms with Crippen LogP contribution in [0, 0.1) is 5.82 Å². The van der Waals surface area contributed by atoms with Gasteiger partial charge in [-0.2, -0.15) is 0 Å². The van der Waals surface area contributed by atoms with Crippen molar-refractivity contribution in [1.29, 1.82) is 0 Å². The molecule has 3 aromatic rings. The first kappa shape index (κ1) is 22.3. The average molecular weight is 436 g/mol. The second kappa shape index (κ2) is 8.75. The Balaban J connectivity index is 2.40. The molecule has 0 bridgehead atoms. The summed E-state index contributed by atoms with van der Waals surface area (Å²) in [6.07, 6.45) is 1.78. The summed E-state index contributed by atoms with van der Waals surface area (Å²) in [5.74, 6) is -0.222. The Hall–Kier alpha value is -2.42. The minimum atomic E-state index is -3.54. The van der Waals surface area contributed by atoms with Crippen molar-refractivity contribution in [2.45, 2.75) is 37.7 Å². The second-order valence-electron chi connectivity index (χ2n) is 7.25. The van der Waals surface area contributed by atoms with Crippen LogP contribution in [0.25, 0.3) is 16.6 Å². The van der Waals surface area contributed by atoms with E-state index in [9.17, 15) is 17.9 Å². The number of methoxy groups -OCH3 is 1. The van der Waals surface area contributed by atoms with Crippen LogP contribution >= 0.6 is 0 Å². The third kappa shape index (κ3) is 4.21. The van der Waals surface area contributed by atoms with Crippen LogP contribution in [-0.4, -0.2) is 38.2 Å². The summed E-state index contributed by atoms with van der Waals surface area (Å²) in [4.78, 5) is 0.0714. The normalized spacial score (nSPS) is 13.0. The standard InChI is InChI=1S/C22H26FNO5S/c1-5-6-16-12-18-20(9-10-21(30(4,26)27)22(18)29-13-28-3)24(16)19-8-7-15(23)11-17(19)14(2)25/h7-12,14,25H,5-6,13H2,1-4H3. The van der Waals surface area contributed by atoms with Crippen molar-refractivity contribution < 1.29 is 27.4 Å². The number of benzene rings is 2. The van der Waals surface area contributed by atoms with Crippen molar-refractivity contribution >= 4 is 20.7 Å². The maximum Gasteiger partial charge on any atom is 0.188 e. The van der Waals surface area contributed by atoms with E-state index >= 15 is 0 Å². The molecule has 1 N–H and O–H groups in total. The molecule has 0 spiro atoms. The summed E-state index contributed by atoms with van der Waals surface area (Å²) in [5, 5.41) is 10.9. The summed E-state index contributed by atoms with van der Waals surface area (Å²) in [6.45, 7) is 3.51. The third-order valence-electron chi connectivity index (χ3n) is 4.88. The zero-order valence-electron chi connectivity index (χ0n) is 17.5. The molecule has 0 aliphatic heterocycles. The minimum absolute atomic E-state index is 0.0714. The quantitative estimate of drug-likeness (QED) is 0.538. The summed E-state index contributed by atoms with van der Waals surface area (Å²) >= 11 is 0. The van der Waals surface area contributed by atoms with Crippen molar-refractivity contribution in [1.82, 2.24) is 4.57 Å². The fourth-order valence-electron chi connectivity index (χ4n) is 3.64. The Bertz CT molecular complexity index is 1170. The number of aryl methyl sites for hydroxylation is 1. The molecule has 1 heterocycles. The molecule has 0 aliphatic rings. The van der Waals surface area contributed by atoms with Crippen molar-refractivity contribution in [2.75, 3.05) is 20.2 Å². The molecule has 0 aliphatic carbocycles. The minimum Gasteiger partial charge on any atom is -0.465 e. The Kier molecular flexibility index (Phi) is 6.50. The van der Waals surface area contributed by atoms with Gasteiger partial charge in [0.05, 0.1) is 17.3 Å². The number of halogens is 1. The van der Waals surface area contributed by atoms with Gasteiger partial charge in [-0.05, 0) is 49.7 Å². The molecule has 0 saturated heterocycles. The predicted molar refractivity (Wildman–Crippen MR) is 113 cm³/mol. The molecule has 0 amide bonds. The lowest BCUT2D eigenvalue weighted by atomic mass is 10.1. The smallest absolute Gasteiger partial charge is 0.188 e. The maximum absolute atomic E-state index is 13.9. The molecule has 6 nitrogen and oxygen atoms in total. The van der Waals surface area contributed by atoms with E-state index in [0.29, 0.717) is 28.6 Å². The molecule has 1 unspecified atom stereocenters.